The van der Waals surface area contributed by atoms with Crippen LogP contribution in [-0.2, 0) is 19.1 Å². The fourth-order valence-electron chi connectivity index (χ4n) is 5.08. The van der Waals surface area contributed by atoms with Crippen molar-refractivity contribution in [3.63, 3.8) is 0 Å². The van der Waals surface area contributed by atoms with Crippen LogP contribution in [0.3, 0.4) is 0 Å². The SMILES string of the molecule is CCC(C)(C)C(=O)OC1C[C@@H](C)C=C2C=C[C@H](C)[C@H](CC[C@@H]3C[C@@H](O)CC(=O)O3)C21. The molecular formula is C25H38O5. The molecule has 0 aromatic rings. The summed E-state index contributed by atoms with van der Waals surface area (Å²) >= 11 is 0. The second-order valence-corrected chi connectivity index (χ2v) is 10.3. The Labute approximate surface area is 180 Å². The van der Waals surface area contributed by atoms with Crippen molar-refractivity contribution in [1.82, 2.24) is 0 Å². The lowest BCUT2D eigenvalue weighted by atomic mass is 9.65. The predicted octanol–water partition coefficient (Wildman–Crippen LogP) is 4.59. The molecule has 2 aliphatic carbocycles. The summed E-state index contributed by atoms with van der Waals surface area (Å²) < 4.78 is 11.6. The van der Waals surface area contributed by atoms with Gasteiger partial charge in [-0.05, 0) is 62.9 Å². The number of aliphatic hydroxyl groups is 1. The summed E-state index contributed by atoms with van der Waals surface area (Å²) in [4.78, 5) is 24.6. The van der Waals surface area contributed by atoms with Gasteiger partial charge in [0.15, 0.2) is 0 Å². The van der Waals surface area contributed by atoms with Crippen LogP contribution in [0.15, 0.2) is 23.8 Å². The van der Waals surface area contributed by atoms with E-state index in [4.69, 9.17) is 9.47 Å². The predicted molar refractivity (Wildman–Crippen MR) is 115 cm³/mol. The fourth-order valence-corrected chi connectivity index (χ4v) is 5.08. The first-order valence-electron chi connectivity index (χ1n) is 11.6. The second-order valence-electron chi connectivity index (χ2n) is 10.3. The first-order chi connectivity index (χ1) is 14.1. The number of carbonyl (C=O) groups excluding carboxylic acids is 2. The van der Waals surface area contributed by atoms with E-state index in [-0.39, 0.29) is 36.5 Å². The molecule has 168 valence electrons. The number of fused-ring (bicyclic) bond motifs is 1. The monoisotopic (exact) mass is 418 g/mol. The Kier molecular flexibility index (Phi) is 7.11. The van der Waals surface area contributed by atoms with Gasteiger partial charge in [0.1, 0.15) is 12.2 Å². The van der Waals surface area contributed by atoms with Gasteiger partial charge in [0.05, 0.1) is 17.9 Å². The molecule has 1 fully saturated rings. The third-order valence-corrected chi connectivity index (χ3v) is 7.35. The number of rotatable bonds is 6. The molecule has 0 aromatic carbocycles. The molecule has 1 N–H and O–H groups in total. The van der Waals surface area contributed by atoms with Crippen LogP contribution in [0.4, 0.5) is 0 Å². The highest BCUT2D eigenvalue weighted by molar-refractivity contribution is 5.76. The second kappa shape index (κ2) is 9.25. The van der Waals surface area contributed by atoms with E-state index in [9.17, 15) is 14.7 Å². The Morgan fingerprint density at radius 2 is 2.00 bits per heavy atom. The highest BCUT2D eigenvalue weighted by Gasteiger charge is 2.43. The maximum Gasteiger partial charge on any atom is 0.311 e. The largest absolute Gasteiger partial charge is 0.462 e. The van der Waals surface area contributed by atoms with Crippen molar-refractivity contribution in [1.29, 1.82) is 0 Å². The Hall–Kier alpha value is -1.62. The van der Waals surface area contributed by atoms with Crippen LogP contribution in [0, 0.1) is 29.1 Å². The third-order valence-electron chi connectivity index (χ3n) is 7.35. The summed E-state index contributed by atoms with van der Waals surface area (Å²) in [5, 5.41) is 9.92. The van der Waals surface area contributed by atoms with Crippen LogP contribution in [0.1, 0.15) is 73.1 Å². The van der Waals surface area contributed by atoms with Gasteiger partial charge < -0.3 is 14.6 Å². The highest BCUT2D eigenvalue weighted by Crippen LogP contribution is 2.45. The summed E-state index contributed by atoms with van der Waals surface area (Å²) in [5.74, 6) is 0.776. The minimum absolute atomic E-state index is 0.0949. The number of hydrogen-bond donors (Lipinski definition) is 1. The number of ether oxygens (including phenoxy) is 2. The van der Waals surface area contributed by atoms with E-state index in [1.54, 1.807) is 0 Å². The minimum atomic E-state index is -0.601. The van der Waals surface area contributed by atoms with Crippen LogP contribution in [0.25, 0.3) is 0 Å². The van der Waals surface area contributed by atoms with Gasteiger partial charge in [-0.1, -0.05) is 39.0 Å². The lowest BCUT2D eigenvalue weighted by Crippen LogP contribution is -2.43. The molecule has 1 saturated heterocycles. The number of allylic oxidation sites excluding steroid dienone is 3. The zero-order valence-electron chi connectivity index (χ0n) is 19.1. The smallest absolute Gasteiger partial charge is 0.311 e. The Morgan fingerprint density at radius 3 is 2.67 bits per heavy atom. The van der Waals surface area contributed by atoms with Crippen LogP contribution in [0.5, 0.6) is 0 Å². The zero-order valence-corrected chi connectivity index (χ0v) is 19.1. The van der Waals surface area contributed by atoms with Gasteiger partial charge in [0, 0.05) is 12.3 Å². The Bertz CT molecular complexity index is 706. The number of cyclic esters (lactones) is 1. The Morgan fingerprint density at radius 1 is 1.27 bits per heavy atom. The molecule has 0 bridgehead atoms. The van der Waals surface area contributed by atoms with E-state index in [1.165, 1.54) is 5.57 Å². The van der Waals surface area contributed by atoms with Crippen molar-refractivity contribution in [2.24, 2.45) is 29.1 Å². The van der Waals surface area contributed by atoms with E-state index in [1.807, 2.05) is 20.8 Å². The van der Waals surface area contributed by atoms with Gasteiger partial charge in [0.25, 0.3) is 0 Å². The van der Waals surface area contributed by atoms with Crippen molar-refractivity contribution in [2.45, 2.75) is 91.5 Å². The normalized spacial score (nSPS) is 36.5. The number of carbonyl (C=O) groups is 2. The van der Waals surface area contributed by atoms with Crippen LogP contribution < -0.4 is 0 Å². The van der Waals surface area contributed by atoms with Crippen molar-refractivity contribution < 1.29 is 24.2 Å². The van der Waals surface area contributed by atoms with Crippen molar-refractivity contribution in [2.75, 3.05) is 0 Å². The van der Waals surface area contributed by atoms with Crippen molar-refractivity contribution >= 4 is 11.9 Å². The molecule has 0 radical (unpaired) electrons. The highest BCUT2D eigenvalue weighted by atomic mass is 16.6. The molecule has 5 nitrogen and oxygen atoms in total. The third kappa shape index (κ3) is 5.16. The lowest BCUT2D eigenvalue weighted by Gasteiger charge is -2.44. The molecule has 30 heavy (non-hydrogen) atoms. The van der Waals surface area contributed by atoms with E-state index in [0.717, 1.165) is 25.7 Å². The number of hydrogen-bond acceptors (Lipinski definition) is 5. The molecule has 1 heterocycles. The van der Waals surface area contributed by atoms with Crippen LogP contribution >= 0.6 is 0 Å². The van der Waals surface area contributed by atoms with E-state index in [0.29, 0.717) is 24.2 Å². The zero-order chi connectivity index (χ0) is 22.1. The Balaban J connectivity index is 1.76. The molecule has 3 aliphatic rings. The van der Waals surface area contributed by atoms with Gasteiger partial charge in [0.2, 0.25) is 0 Å². The molecule has 1 aliphatic heterocycles. The topological polar surface area (TPSA) is 72.8 Å². The average Bonchev–Trinajstić information content (AvgIpc) is 2.66. The summed E-state index contributed by atoms with van der Waals surface area (Å²) in [6, 6.07) is 0. The standard InChI is InChI=1S/C25H38O5/c1-6-25(4,5)24(28)30-21-12-15(2)11-17-8-7-16(3)20(23(17)21)10-9-19-13-18(26)14-22(27)29-19/h7-8,11,15-16,18-21,23,26H,6,9-10,12-14H2,1-5H3/t15-,16-,18+,19+,20-,21?,23?/m0/s1. The summed E-state index contributed by atoms with van der Waals surface area (Å²) in [6.07, 6.45) is 9.61. The maximum atomic E-state index is 12.9. The molecule has 5 heteroatoms. The van der Waals surface area contributed by atoms with Gasteiger partial charge in [-0.15, -0.1) is 0 Å². The van der Waals surface area contributed by atoms with Gasteiger partial charge in [-0.25, -0.2) is 0 Å². The first kappa shape index (κ1) is 23.1. The first-order valence-corrected chi connectivity index (χ1v) is 11.6. The summed E-state index contributed by atoms with van der Waals surface area (Å²) in [6.45, 7) is 10.3. The van der Waals surface area contributed by atoms with Gasteiger partial charge in [-0.3, -0.25) is 9.59 Å². The molecule has 0 saturated carbocycles. The van der Waals surface area contributed by atoms with Crippen LogP contribution in [0.2, 0.25) is 0 Å². The fraction of sp³-hybridized carbons (Fsp3) is 0.760. The summed E-state index contributed by atoms with van der Waals surface area (Å²) in [7, 11) is 0. The van der Waals surface area contributed by atoms with E-state index in [2.05, 4.69) is 32.1 Å². The summed E-state index contributed by atoms with van der Waals surface area (Å²) in [5.41, 5.74) is 0.785. The molecule has 0 spiro atoms. The molecular weight excluding hydrogens is 380 g/mol. The number of aliphatic hydroxyl groups excluding tert-OH is 1. The van der Waals surface area contributed by atoms with Crippen molar-refractivity contribution in [3.8, 4) is 0 Å². The maximum absolute atomic E-state index is 12.9. The molecule has 2 unspecified atom stereocenters. The number of esters is 2. The quantitative estimate of drug-likeness (QED) is 0.639. The van der Waals surface area contributed by atoms with Crippen molar-refractivity contribution in [3.05, 3.63) is 23.8 Å². The van der Waals surface area contributed by atoms with E-state index < -0.39 is 11.5 Å². The molecule has 0 amide bonds. The average molecular weight is 419 g/mol. The van der Waals surface area contributed by atoms with Gasteiger partial charge >= 0.3 is 11.9 Å². The minimum Gasteiger partial charge on any atom is -0.462 e. The molecule has 3 rings (SSSR count). The van der Waals surface area contributed by atoms with E-state index >= 15 is 0 Å². The lowest BCUT2D eigenvalue weighted by molar-refractivity contribution is -0.166. The van der Waals surface area contributed by atoms with Crippen LogP contribution in [-0.4, -0.2) is 35.4 Å². The van der Waals surface area contributed by atoms with Gasteiger partial charge in [-0.2, -0.15) is 0 Å². The molecule has 7 atom stereocenters. The molecule has 0 aromatic heterocycles.